The summed E-state index contributed by atoms with van der Waals surface area (Å²) >= 11 is 0. The molecule has 136 valence electrons. The Balaban J connectivity index is 2.45. The predicted octanol–water partition coefficient (Wildman–Crippen LogP) is 3.70. The maximum atomic E-state index is 12.8. The zero-order chi connectivity index (χ0) is 18.3. The number of hydrogen-bond donors (Lipinski definition) is 1. The third-order valence-corrected chi connectivity index (χ3v) is 6.09. The molecule has 1 aromatic carbocycles. The SMILES string of the molecule is CC(Oc1ccc(F)cc1)C(=O)OC(C)P(P)OCC(C)(C)CO. The van der Waals surface area contributed by atoms with Crippen molar-refractivity contribution in [2.45, 2.75) is 39.6 Å². The smallest absolute Gasteiger partial charge is 0.347 e. The molecule has 4 unspecified atom stereocenters. The van der Waals surface area contributed by atoms with E-state index in [0.717, 1.165) is 0 Å². The van der Waals surface area contributed by atoms with E-state index in [1.54, 1.807) is 13.8 Å². The molecule has 1 aromatic rings. The number of carbonyl (C=O) groups is 1. The second kappa shape index (κ2) is 9.62. The van der Waals surface area contributed by atoms with E-state index in [-0.39, 0.29) is 17.8 Å². The number of esters is 1. The van der Waals surface area contributed by atoms with Crippen LogP contribution >= 0.6 is 16.8 Å². The number of hydrogen-bond acceptors (Lipinski definition) is 5. The second-order valence-electron chi connectivity index (χ2n) is 6.21. The van der Waals surface area contributed by atoms with Crippen molar-refractivity contribution < 1.29 is 28.3 Å². The molecule has 0 amide bonds. The molecule has 4 atom stereocenters. The highest BCUT2D eigenvalue weighted by Gasteiger charge is 2.25. The Bertz CT molecular complexity index is 524. The first-order valence-corrected chi connectivity index (χ1v) is 10.5. The number of benzene rings is 1. The Hall–Kier alpha value is -0.800. The maximum Gasteiger partial charge on any atom is 0.347 e. The van der Waals surface area contributed by atoms with Crippen LogP contribution in [0, 0.1) is 11.2 Å². The van der Waals surface area contributed by atoms with Gasteiger partial charge in [0.05, 0.1) is 21.1 Å². The van der Waals surface area contributed by atoms with Crippen LogP contribution in [0.3, 0.4) is 0 Å². The van der Waals surface area contributed by atoms with E-state index in [2.05, 4.69) is 8.93 Å². The van der Waals surface area contributed by atoms with Crippen molar-refractivity contribution >= 4 is 22.7 Å². The van der Waals surface area contributed by atoms with Gasteiger partial charge in [-0.3, -0.25) is 0 Å². The third-order valence-electron chi connectivity index (χ3n) is 3.14. The number of rotatable bonds is 9. The normalized spacial score (nSPS) is 15.5. The fourth-order valence-corrected chi connectivity index (χ4v) is 2.80. The van der Waals surface area contributed by atoms with E-state index in [1.807, 2.05) is 13.8 Å². The Morgan fingerprint density at radius 2 is 1.92 bits per heavy atom. The molecular weight excluding hydrogens is 353 g/mol. The summed E-state index contributed by atoms with van der Waals surface area (Å²) in [5.74, 6) is -0.941. The first kappa shape index (κ1) is 21.2. The summed E-state index contributed by atoms with van der Waals surface area (Å²) in [4.78, 5) is 12.1. The molecule has 24 heavy (non-hydrogen) atoms. The lowest BCUT2D eigenvalue weighted by atomic mass is 9.97. The van der Waals surface area contributed by atoms with Crippen LogP contribution in [0.25, 0.3) is 0 Å². The zero-order valence-electron chi connectivity index (χ0n) is 14.4. The van der Waals surface area contributed by atoms with Crippen molar-refractivity contribution in [2.24, 2.45) is 5.41 Å². The Kier molecular flexibility index (Phi) is 8.52. The molecular formula is C16H25FO5P2. The van der Waals surface area contributed by atoms with Crippen LogP contribution < -0.4 is 4.74 Å². The van der Waals surface area contributed by atoms with Gasteiger partial charge in [-0.05, 0) is 38.1 Å². The summed E-state index contributed by atoms with van der Waals surface area (Å²) in [6.45, 7) is 7.46. The van der Waals surface area contributed by atoms with Crippen molar-refractivity contribution in [2.75, 3.05) is 13.2 Å². The lowest BCUT2D eigenvalue weighted by Crippen LogP contribution is -2.29. The van der Waals surface area contributed by atoms with Gasteiger partial charge in [-0.25, -0.2) is 9.18 Å². The average molecular weight is 378 g/mol. The standard InChI is InChI=1S/C16H25FO5P2/c1-11(21-14-7-5-13(17)6-8-14)15(19)22-12(2)24(23)20-10-16(3,4)9-18/h5-8,11-12,18H,9-10,23H2,1-4H3. The Morgan fingerprint density at radius 3 is 2.46 bits per heavy atom. The predicted molar refractivity (Wildman–Crippen MR) is 95.5 cm³/mol. The van der Waals surface area contributed by atoms with Gasteiger partial charge in [0.15, 0.2) is 6.10 Å². The van der Waals surface area contributed by atoms with Crippen molar-refractivity contribution in [3.63, 3.8) is 0 Å². The van der Waals surface area contributed by atoms with Crippen LogP contribution in [0.5, 0.6) is 5.75 Å². The van der Waals surface area contributed by atoms with Gasteiger partial charge in [-0.15, -0.1) is 0 Å². The van der Waals surface area contributed by atoms with E-state index in [9.17, 15) is 14.3 Å². The topological polar surface area (TPSA) is 65.0 Å². The van der Waals surface area contributed by atoms with Crippen LogP contribution in [-0.2, 0) is 14.1 Å². The summed E-state index contributed by atoms with van der Waals surface area (Å²) in [7, 11) is 1.46. The van der Waals surface area contributed by atoms with Crippen molar-refractivity contribution in [1.82, 2.24) is 0 Å². The van der Waals surface area contributed by atoms with Crippen LogP contribution in [0.4, 0.5) is 4.39 Å². The molecule has 1 N–H and O–H groups in total. The number of halogens is 1. The van der Waals surface area contributed by atoms with Crippen molar-refractivity contribution in [3.05, 3.63) is 30.1 Å². The highest BCUT2D eigenvalue weighted by molar-refractivity contribution is 8.11. The number of carbonyl (C=O) groups excluding carboxylic acids is 1. The molecule has 8 heteroatoms. The van der Waals surface area contributed by atoms with Gasteiger partial charge in [0.1, 0.15) is 17.4 Å². The van der Waals surface area contributed by atoms with Gasteiger partial charge in [-0.1, -0.05) is 22.8 Å². The lowest BCUT2D eigenvalue weighted by molar-refractivity contribution is -0.152. The largest absolute Gasteiger partial charge is 0.479 e. The minimum absolute atomic E-state index is 0.0115. The van der Waals surface area contributed by atoms with Crippen molar-refractivity contribution in [1.29, 1.82) is 0 Å². The first-order chi connectivity index (χ1) is 11.1. The van der Waals surface area contributed by atoms with Crippen LogP contribution in [0.15, 0.2) is 24.3 Å². The number of aliphatic hydroxyl groups excluding tert-OH is 1. The molecule has 0 aliphatic heterocycles. The summed E-state index contributed by atoms with van der Waals surface area (Å²) in [5, 5.41) is 9.22. The summed E-state index contributed by atoms with van der Waals surface area (Å²) < 4.78 is 29.3. The summed E-state index contributed by atoms with van der Waals surface area (Å²) in [6.07, 6.45) is -0.819. The van der Waals surface area contributed by atoms with Gasteiger partial charge in [0, 0.05) is 5.41 Å². The maximum absolute atomic E-state index is 12.8. The third kappa shape index (κ3) is 7.40. The Morgan fingerprint density at radius 1 is 1.33 bits per heavy atom. The molecule has 0 bridgehead atoms. The monoisotopic (exact) mass is 378 g/mol. The summed E-state index contributed by atoms with van der Waals surface area (Å²) in [6, 6.07) is 5.42. The molecule has 0 fully saturated rings. The second-order valence-corrected chi connectivity index (χ2v) is 9.44. The quantitative estimate of drug-likeness (QED) is 0.524. The molecule has 0 heterocycles. The van der Waals surface area contributed by atoms with Gasteiger partial charge in [0.2, 0.25) is 0 Å². The number of aliphatic hydroxyl groups is 1. The fourth-order valence-electron chi connectivity index (χ4n) is 1.48. The van der Waals surface area contributed by atoms with E-state index in [4.69, 9.17) is 14.0 Å². The van der Waals surface area contributed by atoms with Gasteiger partial charge >= 0.3 is 5.97 Å². The van der Waals surface area contributed by atoms with E-state index < -0.39 is 25.8 Å². The van der Waals surface area contributed by atoms with Gasteiger partial charge in [0.25, 0.3) is 0 Å². The molecule has 0 aromatic heterocycles. The lowest BCUT2D eigenvalue weighted by Gasteiger charge is -2.27. The molecule has 0 radical (unpaired) electrons. The summed E-state index contributed by atoms with van der Waals surface area (Å²) in [5.41, 5.74) is -0.347. The molecule has 0 aliphatic carbocycles. The van der Waals surface area contributed by atoms with Crippen molar-refractivity contribution in [3.8, 4) is 5.75 Å². The van der Waals surface area contributed by atoms with Crippen LogP contribution in [0.1, 0.15) is 27.7 Å². The molecule has 0 spiro atoms. The average Bonchev–Trinajstić information content (AvgIpc) is 2.54. The molecule has 5 nitrogen and oxygen atoms in total. The Labute approximate surface area is 145 Å². The minimum Gasteiger partial charge on any atom is -0.479 e. The molecule has 1 rings (SSSR count). The highest BCUT2D eigenvalue weighted by Crippen LogP contribution is 2.51. The number of ether oxygens (including phenoxy) is 2. The molecule has 0 saturated heterocycles. The zero-order valence-corrected chi connectivity index (χ0v) is 16.4. The highest BCUT2D eigenvalue weighted by atomic mass is 32.0. The van der Waals surface area contributed by atoms with Gasteiger partial charge in [-0.2, -0.15) is 0 Å². The van der Waals surface area contributed by atoms with E-state index in [0.29, 0.717) is 12.4 Å². The first-order valence-electron chi connectivity index (χ1n) is 7.55. The minimum atomic E-state index is -1.08. The van der Waals surface area contributed by atoms with E-state index in [1.165, 1.54) is 24.3 Å². The van der Waals surface area contributed by atoms with E-state index >= 15 is 0 Å². The molecule has 0 saturated carbocycles. The van der Waals surface area contributed by atoms with Crippen LogP contribution in [-0.4, -0.2) is 36.2 Å². The molecule has 0 aliphatic rings. The fraction of sp³-hybridized carbons (Fsp3) is 0.562. The van der Waals surface area contributed by atoms with Gasteiger partial charge < -0.3 is 19.1 Å². The van der Waals surface area contributed by atoms with Crippen LogP contribution in [0.2, 0.25) is 0 Å².